The molecular formula is C39H55NO5. The molecule has 10 atom stereocenters. The average Bonchev–Trinajstić information content (AvgIpc) is 2.97. The second-order valence-corrected chi connectivity index (χ2v) is 17.7. The number of allylic oxidation sites excluding steroid dienone is 2. The van der Waals surface area contributed by atoms with Gasteiger partial charge in [0.1, 0.15) is 6.04 Å². The van der Waals surface area contributed by atoms with Crippen LogP contribution >= 0.6 is 0 Å². The fourth-order valence-corrected chi connectivity index (χ4v) is 11.8. The van der Waals surface area contributed by atoms with Gasteiger partial charge in [-0.3, -0.25) is 9.59 Å². The van der Waals surface area contributed by atoms with Crippen LogP contribution in [0.1, 0.15) is 112 Å². The Morgan fingerprint density at radius 2 is 1.58 bits per heavy atom. The summed E-state index contributed by atoms with van der Waals surface area (Å²) < 4.78 is 0. The van der Waals surface area contributed by atoms with Crippen LogP contribution in [0.15, 0.2) is 42.0 Å². The van der Waals surface area contributed by atoms with Crippen molar-refractivity contribution in [3.63, 3.8) is 0 Å². The summed E-state index contributed by atoms with van der Waals surface area (Å²) in [6.45, 7) is 15.9. The van der Waals surface area contributed by atoms with E-state index in [1.54, 1.807) is 0 Å². The molecule has 5 aliphatic rings. The molecule has 6 heteroatoms. The smallest absolute Gasteiger partial charge is 0.326 e. The molecule has 3 N–H and O–H groups in total. The van der Waals surface area contributed by atoms with Crippen LogP contribution in [-0.4, -0.2) is 40.0 Å². The standard InChI is InChI=1S/C39H55NO5/c1-34(2)29-13-16-39(7)31(37(29,5)15-14-30(34)42)28(41)22-25-26-23-36(4,18-17-35(26,3)19-20-38(25,39)6)33(45)40-27(32(43)44)21-24-11-9-8-10-12-24/h8-12,22,26-27,29-31,42H,13-21,23H2,1-7H3,(H,40,45)(H,43,44)/t26-,27-,29-,30-,31+,35+,36-,37-,38+,39+/m0/s1. The first-order valence-corrected chi connectivity index (χ1v) is 17.4. The van der Waals surface area contributed by atoms with Crippen molar-refractivity contribution in [1.82, 2.24) is 5.32 Å². The molecule has 0 aliphatic heterocycles. The van der Waals surface area contributed by atoms with E-state index in [0.29, 0.717) is 18.8 Å². The number of carboxylic acid groups (broad SMARTS) is 1. The Labute approximate surface area is 269 Å². The number of aliphatic hydroxyl groups is 1. The number of benzene rings is 1. The Morgan fingerprint density at radius 3 is 2.24 bits per heavy atom. The van der Waals surface area contributed by atoms with Gasteiger partial charge in [0, 0.05) is 17.8 Å². The van der Waals surface area contributed by atoms with Gasteiger partial charge in [0.05, 0.1) is 6.10 Å². The number of fused-ring (bicyclic) bond motifs is 7. The van der Waals surface area contributed by atoms with E-state index in [2.05, 4.69) is 46.9 Å². The molecule has 4 fully saturated rings. The Morgan fingerprint density at radius 1 is 0.911 bits per heavy atom. The lowest BCUT2D eigenvalue weighted by molar-refractivity contribution is -0.202. The third-order valence-corrected chi connectivity index (χ3v) is 15.0. The molecule has 0 saturated heterocycles. The maximum absolute atomic E-state index is 14.6. The zero-order valence-corrected chi connectivity index (χ0v) is 28.5. The van der Waals surface area contributed by atoms with Gasteiger partial charge < -0.3 is 15.5 Å². The normalized spacial score (nSPS) is 44.3. The van der Waals surface area contributed by atoms with Crippen molar-refractivity contribution in [2.75, 3.05) is 0 Å². The molecule has 0 bridgehead atoms. The summed E-state index contributed by atoms with van der Waals surface area (Å²) in [4.78, 5) is 40.8. The number of carbonyl (C=O) groups excluding carboxylic acids is 2. The summed E-state index contributed by atoms with van der Waals surface area (Å²) in [5.41, 5.74) is 0.665. The predicted octanol–water partition coefficient (Wildman–Crippen LogP) is 7.14. The van der Waals surface area contributed by atoms with Gasteiger partial charge in [-0.15, -0.1) is 0 Å². The van der Waals surface area contributed by atoms with Crippen LogP contribution < -0.4 is 5.32 Å². The summed E-state index contributed by atoms with van der Waals surface area (Å²) in [7, 11) is 0. The first kappa shape index (κ1) is 32.5. The van der Waals surface area contributed by atoms with Crippen LogP contribution in [0.3, 0.4) is 0 Å². The maximum Gasteiger partial charge on any atom is 0.326 e. The second-order valence-electron chi connectivity index (χ2n) is 17.7. The Hall–Kier alpha value is -2.47. The molecule has 6 rings (SSSR count). The molecule has 0 spiro atoms. The van der Waals surface area contributed by atoms with Crippen LogP contribution in [0.25, 0.3) is 0 Å². The number of hydrogen-bond acceptors (Lipinski definition) is 4. The van der Waals surface area contributed by atoms with Crippen LogP contribution in [0.2, 0.25) is 0 Å². The maximum atomic E-state index is 14.6. The van der Waals surface area contributed by atoms with Gasteiger partial charge in [-0.1, -0.05) is 84.4 Å². The molecule has 45 heavy (non-hydrogen) atoms. The predicted molar refractivity (Wildman–Crippen MR) is 175 cm³/mol. The summed E-state index contributed by atoms with van der Waals surface area (Å²) in [6, 6.07) is 8.46. The van der Waals surface area contributed by atoms with E-state index in [-0.39, 0.29) is 63.1 Å². The van der Waals surface area contributed by atoms with E-state index in [9.17, 15) is 24.6 Å². The number of ketones is 1. The third kappa shape index (κ3) is 4.70. The van der Waals surface area contributed by atoms with Crippen LogP contribution in [0.4, 0.5) is 0 Å². The van der Waals surface area contributed by atoms with E-state index in [1.807, 2.05) is 43.3 Å². The highest BCUT2D eigenvalue weighted by Crippen LogP contribution is 2.75. The largest absolute Gasteiger partial charge is 0.480 e. The Bertz CT molecular complexity index is 1420. The lowest BCUT2D eigenvalue weighted by Crippen LogP contribution is -2.66. The minimum atomic E-state index is -1.02. The van der Waals surface area contributed by atoms with Crippen molar-refractivity contribution in [2.45, 2.75) is 125 Å². The van der Waals surface area contributed by atoms with E-state index in [4.69, 9.17) is 0 Å². The number of aliphatic hydroxyl groups excluding tert-OH is 1. The topological polar surface area (TPSA) is 104 Å². The highest BCUT2D eigenvalue weighted by molar-refractivity contribution is 5.96. The van der Waals surface area contributed by atoms with Crippen molar-refractivity contribution >= 4 is 17.7 Å². The lowest BCUT2D eigenvalue weighted by atomic mass is 9.33. The molecule has 246 valence electrons. The Kier molecular flexibility index (Phi) is 7.59. The fourth-order valence-electron chi connectivity index (χ4n) is 11.8. The molecule has 5 aliphatic carbocycles. The molecule has 0 radical (unpaired) electrons. The van der Waals surface area contributed by atoms with Crippen molar-refractivity contribution in [3.8, 4) is 0 Å². The quantitative estimate of drug-likeness (QED) is 0.326. The van der Waals surface area contributed by atoms with E-state index in [1.165, 1.54) is 5.57 Å². The number of nitrogens with one attached hydrogen (secondary N) is 1. The van der Waals surface area contributed by atoms with Gasteiger partial charge in [-0.05, 0) is 108 Å². The molecular weight excluding hydrogens is 562 g/mol. The van der Waals surface area contributed by atoms with Gasteiger partial charge in [-0.25, -0.2) is 4.79 Å². The zero-order chi connectivity index (χ0) is 32.8. The molecule has 1 aromatic rings. The average molecular weight is 618 g/mol. The number of carboxylic acids is 1. The molecule has 6 nitrogen and oxygen atoms in total. The minimum Gasteiger partial charge on any atom is -0.480 e. The third-order valence-electron chi connectivity index (χ3n) is 15.0. The van der Waals surface area contributed by atoms with Gasteiger partial charge in [0.2, 0.25) is 5.91 Å². The number of amides is 1. The van der Waals surface area contributed by atoms with E-state index >= 15 is 0 Å². The monoisotopic (exact) mass is 617 g/mol. The highest BCUT2D eigenvalue weighted by atomic mass is 16.4. The van der Waals surface area contributed by atoms with Gasteiger partial charge in [-0.2, -0.15) is 0 Å². The van der Waals surface area contributed by atoms with E-state index < -0.39 is 17.4 Å². The molecule has 1 aromatic carbocycles. The SMILES string of the molecule is CC1(C)[C@@H](O)CC[C@]2(C)[C@H]3C(=O)C=C4[C@@H]5C[C@@](C)(C(=O)N[C@@H](Cc6ccccc6)C(=O)O)CC[C@]5(C)CC[C@@]4(C)[C@]3(C)CC[C@@H]12. The zero-order valence-electron chi connectivity index (χ0n) is 28.5. The summed E-state index contributed by atoms with van der Waals surface area (Å²) in [5.74, 6) is -0.662. The highest BCUT2D eigenvalue weighted by Gasteiger charge is 2.70. The fraction of sp³-hybridized carbons (Fsp3) is 0.718. The van der Waals surface area contributed by atoms with Gasteiger partial charge in [0.25, 0.3) is 0 Å². The lowest BCUT2D eigenvalue weighted by Gasteiger charge is -2.70. The second kappa shape index (κ2) is 10.5. The number of rotatable bonds is 5. The van der Waals surface area contributed by atoms with Crippen molar-refractivity contribution in [1.29, 1.82) is 0 Å². The minimum absolute atomic E-state index is 0.00287. The molecule has 1 amide bonds. The van der Waals surface area contributed by atoms with Crippen LogP contribution in [0.5, 0.6) is 0 Å². The van der Waals surface area contributed by atoms with Crippen LogP contribution in [0, 0.1) is 50.2 Å². The number of carbonyl (C=O) groups is 3. The van der Waals surface area contributed by atoms with Crippen LogP contribution in [-0.2, 0) is 20.8 Å². The van der Waals surface area contributed by atoms with Gasteiger partial charge in [0.15, 0.2) is 5.78 Å². The first-order chi connectivity index (χ1) is 20.9. The van der Waals surface area contributed by atoms with Crippen molar-refractivity contribution in [2.24, 2.45) is 50.2 Å². The summed E-state index contributed by atoms with van der Waals surface area (Å²) >= 11 is 0. The number of hydrogen-bond donors (Lipinski definition) is 3. The molecule has 0 unspecified atom stereocenters. The number of aliphatic carboxylic acids is 1. The molecule has 0 heterocycles. The molecule has 0 aromatic heterocycles. The van der Waals surface area contributed by atoms with Crippen molar-refractivity contribution < 1.29 is 24.6 Å². The summed E-state index contributed by atoms with van der Waals surface area (Å²) in [6.07, 6.45) is 9.85. The first-order valence-electron chi connectivity index (χ1n) is 17.4. The van der Waals surface area contributed by atoms with Gasteiger partial charge >= 0.3 is 5.97 Å². The van der Waals surface area contributed by atoms with Crippen molar-refractivity contribution in [3.05, 3.63) is 47.5 Å². The van der Waals surface area contributed by atoms with E-state index in [0.717, 1.165) is 50.5 Å². The molecule has 4 saturated carbocycles. The summed E-state index contributed by atoms with van der Waals surface area (Å²) in [5, 5.41) is 24.0. The Balaban J connectivity index is 1.32.